The largest absolute Gasteiger partial charge is 0.465 e. The molecule has 2 aromatic rings. The summed E-state index contributed by atoms with van der Waals surface area (Å²) in [6.45, 7) is 6.94. The van der Waals surface area contributed by atoms with Crippen LogP contribution in [0, 0.1) is 11.8 Å². The molecule has 0 aromatic heterocycles. The summed E-state index contributed by atoms with van der Waals surface area (Å²) in [5.74, 6) is -5.56. The molecule has 0 aliphatic carbocycles. The van der Waals surface area contributed by atoms with E-state index in [2.05, 4.69) is 0 Å². The molecule has 6 rings (SSSR count). The molecule has 0 amide bonds. The zero-order valence-corrected chi connectivity index (χ0v) is 28.8. The van der Waals surface area contributed by atoms with Gasteiger partial charge in [0.15, 0.2) is 12.4 Å². The van der Waals surface area contributed by atoms with Gasteiger partial charge in [-0.1, -0.05) is 62.4 Å². The van der Waals surface area contributed by atoms with E-state index >= 15 is 0 Å². The molecule has 4 aliphatic rings. The van der Waals surface area contributed by atoms with E-state index in [0.717, 1.165) is 5.56 Å². The summed E-state index contributed by atoms with van der Waals surface area (Å²) in [6, 6.07) is 17.7. The molecule has 270 valence electrons. The van der Waals surface area contributed by atoms with Crippen molar-refractivity contribution >= 4 is 23.9 Å². The van der Waals surface area contributed by atoms with Crippen LogP contribution in [-0.4, -0.2) is 92.2 Å². The number of carbonyl (C=O) groups is 4. The molecule has 13 heteroatoms. The minimum Gasteiger partial charge on any atom is -0.465 e. The Bertz CT molecular complexity index is 1520. The molecule has 4 aliphatic heterocycles. The second-order valence-electron chi connectivity index (χ2n) is 13.3. The van der Waals surface area contributed by atoms with Gasteiger partial charge in [-0.2, -0.15) is 0 Å². The normalized spacial score (nSPS) is 34.7. The number of carbonyl (C=O) groups excluding carboxylic acids is 4. The molecular weight excluding hydrogens is 652 g/mol. The smallest absolute Gasteiger partial charge is 0.366 e. The van der Waals surface area contributed by atoms with Crippen LogP contribution in [0.4, 0.5) is 0 Å². The molecule has 4 heterocycles. The van der Waals surface area contributed by atoms with Gasteiger partial charge in [-0.05, 0) is 31.4 Å². The molecule has 0 bridgehead atoms. The summed E-state index contributed by atoms with van der Waals surface area (Å²) < 4.78 is 55.3. The zero-order valence-electron chi connectivity index (χ0n) is 28.8. The number of hydrogen-bond donors (Lipinski definition) is 0. The quantitative estimate of drug-likeness (QED) is 0.260. The van der Waals surface area contributed by atoms with Crippen LogP contribution in [-0.2, 0) is 57.0 Å². The fourth-order valence-corrected chi connectivity index (χ4v) is 7.25. The highest BCUT2D eigenvalue weighted by molar-refractivity contribution is 5.89. The standard InChI is InChI=1S/C37H44O13/c1-6-20(2)29(45-22(4)38)31-25-17-28(39)46-26(25)18-37(49-31,36(41)42-5)50-33-30(47-34(40)23-13-9-7-10-14-23)21(3)44-27-19-43-35(48-32(27)33)24-15-11-8-12-16-24/h7-16,20-21,25-27,29-33,35H,6,17-19H2,1-5H3/t20-,21-,25-,26-,27?,29-,30+,31?,32-,33?,35?,37+/m1/s1. The number of fused-ring (bicyclic) bond motifs is 2. The lowest BCUT2D eigenvalue weighted by Gasteiger charge is -2.52. The van der Waals surface area contributed by atoms with Crippen molar-refractivity contribution in [2.75, 3.05) is 13.7 Å². The number of benzene rings is 2. The number of hydrogen-bond acceptors (Lipinski definition) is 13. The Morgan fingerprint density at radius 2 is 1.68 bits per heavy atom. The van der Waals surface area contributed by atoms with E-state index in [1.54, 1.807) is 37.3 Å². The third-order valence-corrected chi connectivity index (χ3v) is 9.92. The summed E-state index contributed by atoms with van der Waals surface area (Å²) in [4.78, 5) is 52.6. The average molecular weight is 697 g/mol. The monoisotopic (exact) mass is 696 g/mol. The Morgan fingerprint density at radius 3 is 2.34 bits per heavy atom. The van der Waals surface area contributed by atoms with Gasteiger partial charge in [0.25, 0.3) is 5.79 Å². The van der Waals surface area contributed by atoms with Gasteiger partial charge < -0.3 is 42.6 Å². The lowest BCUT2D eigenvalue weighted by molar-refractivity contribution is -0.379. The highest BCUT2D eigenvalue weighted by Crippen LogP contribution is 2.47. The van der Waals surface area contributed by atoms with Gasteiger partial charge in [0.1, 0.15) is 36.6 Å². The summed E-state index contributed by atoms with van der Waals surface area (Å²) in [5, 5.41) is 0. The highest BCUT2D eigenvalue weighted by atomic mass is 16.8. The van der Waals surface area contributed by atoms with Gasteiger partial charge in [-0.3, -0.25) is 9.59 Å². The lowest BCUT2D eigenvalue weighted by atomic mass is 9.80. The second-order valence-corrected chi connectivity index (χ2v) is 13.3. The van der Waals surface area contributed by atoms with Gasteiger partial charge in [0.05, 0.1) is 38.2 Å². The molecule has 0 N–H and O–H groups in total. The number of ether oxygens (including phenoxy) is 9. The molecule has 4 fully saturated rings. The van der Waals surface area contributed by atoms with Crippen LogP contribution < -0.4 is 0 Å². The summed E-state index contributed by atoms with van der Waals surface area (Å²) >= 11 is 0. The van der Waals surface area contributed by atoms with Gasteiger partial charge in [0, 0.05) is 18.4 Å². The molecule has 0 saturated carbocycles. The van der Waals surface area contributed by atoms with E-state index in [4.69, 9.17) is 42.6 Å². The van der Waals surface area contributed by atoms with Crippen LogP contribution >= 0.6 is 0 Å². The predicted octanol–water partition coefficient (Wildman–Crippen LogP) is 4.07. The highest BCUT2D eigenvalue weighted by Gasteiger charge is 2.63. The van der Waals surface area contributed by atoms with E-state index < -0.39 is 90.7 Å². The Morgan fingerprint density at radius 1 is 0.980 bits per heavy atom. The molecule has 0 radical (unpaired) electrons. The predicted molar refractivity (Wildman–Crippen MR) is 172 cm³/mol. The molecule has 2 aromatic carbocycles. The zero-order chi connectivity index (χ0) is 35.6. The van der Waals surface area contributed by atoms with Crippen LogP contribution in [0.3, 0.4) is 0 Å². The van der Waals surface area contributed by atoms with Crippen LogP contribution in [0.1, 0.15) is 69.2 Å². The maximum atomic E-state index is 14.0. The molecule has 4 unspecified atom stereocenters. The van der Waals surface area contributed by atoms with Crippen molar-refractivity contribution in [3.05, 3.63) is 71.8 Å². The number of methoxy groups -OCH3 is 1. The maximum absolute atomic E-state index is 14.0. The van der Waals surface area contributed by atoms with Crippen LogP contribution in [0.15, 0.2) is 60.7 Å². The molecule has 13 nitrogen and oxygen atoms in total. The van der Waals surface area contributed by atoms with Crippen molar-refractivity contribution in [1.29, 1.82) is 0 Å². The minimum atomic E-state index is -2.20. The van der Waals surface area contributed by atoms with E-state index in [9.17, 15) is 19.2 Å². The van der Waals surface area contributed by atoms with E-state index in [0.29, 0.717) is 12.0 Å². The second kappa shape index (κ2) is 15.2. The van der Waals surface area contributed by atoms with Crippen LogP contribution in [0.25, 0.3) is 0 Å². The van der Waals surface area contributed by atoms with Gasteiger partial charge in [0.2, 0.25) is 0 Å². The molecule has 0 spiro atoms. The van der Waals surface area contributed by atoms with E-state index in [-0.39, 0.29) is 25.4 Å². The van der Waals surface area contributed by atoms with Crippen molar-refractivity contribution in [1.82, 2.24) is 0 Å². The first-order valence-electron chi connectivity index (χ1n) is 17.1. The van der Waals surface area contributed by atoms with Crippen molar-refractivity contribution in [3.8, 4) is 0 Å². The van der Waals surface area contributed by atoms with Crippen LogP contribution in [0.5, 0.6) is 0 Å². The Hall–Kier alpha value is -3.88. The van der Waals surface area contributed by atoms with E-state index in [1.807, 2.05) is 44.2 Å². The van der Waals surface area contributed by atoms with Crippen molar-refractivity contribution < 1.29 is 61.8 Å². The first kappa shape index (κ1) is 35.9. The van der Waals surface area contributed by atoms with Gasteiger partial charge >= 0.3 is 23.9 Å². The number of rotatable bonds is 10. The Balaban J connectivity index is 1.41. The van der Waals surface area contributed by atoms with Crippen molar-refractivity contribution in [2.24, 2.45) is 11.8 Å². The third kappa shape index (κ3) is 7.28. The van der Waals surface area contributed by atoms with Crippen molar-refractivity contribution in [2.45, 2.75) is 108 Å². The summed E-state index contributed by atoms with van der Waals surface area (Å²) in [7, 11) is 1.19. The first-order chi connectivity index (χ1) is 24.0. The lowest BCUT2D eigenvalue weighted by Crippen LogP contribution is -2.68. The average Bonchev–Trinajstić information content (AvgIpc) is 3.51. The van der Waals surface area contributed by atoms with Crippen molar-refractivity contribution in [3.63, 3.8) is 0 Å². The Kier molecular flexibility index (Phi) is 10.9. The topological polar surface area (TPSA) is 151 Å². The molecular formula is C37H44O13. The first-order valence-corrected chi connectivity index (χ1v) is 17.1. The minimum absolute atomic E-state index is 0.00366. The molecule has 12 atom stereocenters. The Labute approximate surface area is 290 Å². The fourth-order valence-electron chi connectivity index (χ4n) is 7.25. The SMILES string of the molecule is CC[C@@H](C)[C@@H](OC(C)=O)C1O[C@@](OC2[C@@H]3OC(c4ccccc4)OCC3O[C@H](C)[C@@H]2OC(=O)c2ccccc2)(C(=O)OC)C[C@H]2OC(=O)C[C@@H]12. The fraction of sp³-hybridized carbons (Fsp3) is 0.568. The summed E-state index contributed by atoms with van der Waals surface area (Å²) in [5.41, 5.74) is 1.03. The van der Waals surface area contributed by atoms with Gasteiger partial charge in [-0.25, -0.2) is 9.59 Å². The summed E-state index contributed by atoms with van der Waals surface area (Å²) in [6.07, 6.45) is -7.86. The van der Waals surface area contributed by atoms with Gasteiger partial charge in [-0.15, -0.1) is 0 Å². The van der Waals surface area contributed by atoms with Crippen LogP contribution in [0.2, 0.25) is 0 Å². The molecule has 4 saturated heterocycles. The number of esters is 4. The third-order valence-electron chi connectivity index (χ3n) is 9.92. The molecule has 50 heavy (non-hydrogen) atoms. The maximum Gasteiger partial charge on any atom is 0.366 e. The van der Waals surface area contributed by atoms with E-state index in [1.165, 1.54) is 14.0 Å².